The highest BCUT2D eigenvalue weighted by molar-refractivity contribution is 8.00. The number of nitrogens with zero attached hydrogens (tertiary/aromatic N) is 3. The Balaban J connectivity index is 1.67. The number of para-hydroxylation sites is 1. The van der Waals surface area contributed by atoms with Crippen LogP contribution < -0.4 is 14.8 Å². The summed E-state index contributed by atoms with van der Waals surface area (Å²) in [6.07, 6.45) is -4.02. The molecule has 1 aromatic heterocycles. The number of aromatic nitrogens is 3. The molecule has 0 bridgehead atoms. The summed E-state index contributed by atoms with van der Waals surface area (Å²) in [6.45, 7) is 0. The van der Waals surface area contributed by atoms with E-state index in [1.807, 2.05) is 0 Å². The van der Waals surface area contributed by atoms with Gasteiger partial charge in [0, 0.05) is 17.0 Å². The predicted molar refractivity (Wildman–Crippen MR) is 140 cm³/mol. The number of carbonyl (C=O) groups excluding carboxylic acids is 1. The number of thioether (sulfide) groups is 1. The van der Waals surface area contributed by atoms with E-state index in [2.05, 4.69) is 15.5 Å². The van der Waals surface area contributed by atoms with Crippen LogP contribution in [0.1, 0.15) is 59.0 Å². The number of aliphatic carboxylic acids is 1. The van der Waals surface area contributed by atoms with Crippen molar-refractivity contribution in [1.29, 1.82) is 0 Å². The van der Waals surface area contributed by atoms with Crippen molar-refractivity contribution in [2.75, 3.05) is 14.2 Å². The molecule has 1 amide bonds. The number of carboxylic acids is 1. The van der Waals surface area contributed by atoms with E-state index in [1.165, 1.54) is 38.1 Å². The maximum atomic E-state index is 14.2. The van der Waals surface area contributed by atoms with Gasteiger partial charge in [-0.3, -0.25) is 9.36 Å². The zero-order valence-electron chi connectivity index (χ0n) is 21.3. The van der Waals surface area contributed by atoms with Crippen LogP contribution in [0.5, 0.6) is 11.5 Å². The Morgan fingerprint density at radius 3 is 2.52 bits per heavy atom. The van der Waals surface area contributed by atoms with E-state index >= 15 is 0 Å². The summed E-state index contributed by atoms with van der Waals surface area (Å²) < 4.78 is 54.5. The molecule has 2 atom stereocenters. The first kappa shape index (κ1) is 28.1. The molecule has 1 aliphatic heterocycles. The normalized spacial score (nSPS) is 19.4. The van der Waals surface area contributed by atoms with Gasteiger partial charge in [-0.25, -0.2) is 4.79 Å². The fraction of sp³-hybridized carbons (Fsp3) is 0.385. The number of fused-ring (bicyclic) bond motifs is 3. The van der Waals surface area contributed by atoms with E-state index in [1.54, 1.807) is 24.3 Å². The predicted octanol–water partition coefficient (Wildman–Crippen LogP) is 5.35. The lowest BCUT2D eigenvalue weighted by molar-refractivity contribution is -0.151. The molecule has 1 aliphatic carbocycles. The van der Waals surface area contributed by atoms with Gasteiger partial charge in [0.2, 0.25) is 11.7 Å². The lowest BCUT2D eigenvalue weighted by Crippen LogP contribution is -2.59. The van der Waals surface area contributed by atoms with Crippen molar-refractivity contribution in [3.05, 3.63) is 64.2 Å². The molecule has 5 rings (SSSR count). The monoisotopic (exact) mass is 596 g/mol. The van der Waals surface area contributed by atoms with Gasteiger partial charge in [0.05, 0.1) is 30.4 Å². The third kappa shape index (κ3) is 4.85. The van der Waals surface area contributed by atoms with E-state index in [4.69, 9.17) is 21.1 Å². The fourth-order valence-electron chi connectivity index (χ4n) is 5.07. The molecule has 14 heteroatoms. The molecule has 0 saturated heterocycles. The summed E-state index contributed by atoms with van der Waals surface area (Å²) in [5.41, 5.74) is -0.250. The maximum absolute atomic E-state index is 14.2. The molecule has 2 heterocycles. The van der Waals surface area contributed by atoms with Gasteiger partial charge in [-0.2, -0.15) is 13.2 Å². The first-order valence-corrected chi connectivity index (χ1v) is 13.5. The van der Waals surface area contributed by atoms with Crippen LogP contribution >= 0.6 is 23.4 Å². The number of hydrogen-bond acceptors (Lipinski definition) is 7. The molecule has 2 aromatic carbocycles. The van der Waals surface area contributed by atoms with Crippen molar-refractivity contribution in [2.24, 2.45) is 0 Å². The Kier molecular flexibility index (Phi) is 7.38. The topological polar surface area (TPSA) is 116 Å². The van der Waals surface area contributed by atoms with Crippen molar-refractivity contribution in [3.8, 4) is 17.2 Å². The molecule has 0 radical (unpaired) electrons. The van der Waals surface area contributed by atoms with E-state index in [9.17, 15) is 27.9 Å². The van der Waals surface area contributed by atoms with Gasteiger partial charge in [-0.1, -0.05) is 23.7 Å². The molecule has 40 heavy (non-hydrogen) atoms. The number of nitrogens with one attached hydrogen (secondary N) is 1. The van der Waals surface area contributed by atoms with Crippen molar-refractivity contribution in [2.45, 2.75) is 47.9 Å². The SMILES string of the molecule is COc1cccc([C@H]2S[C@H](CC(=O)NC3(C(=O)O)CCC3)c3nnc(C(F)(F)F)n3-c3ccc(Cl)cc32)c1OC. The largest absolute Gasteiger partial charge is 0.493 e. The quantitative estimate of drug-likeness (QED) is 0.375. The van der Waals surface area contributed by atoms with Crippen molar-refractivity contribution < 1.29 is 37.3 Å². The van der Waals surface area contributed by atoms with Gasteiger partial charge in [-0.15, -0.1) is 22.0 Å². The number of ether oxygens (including phenoxy) is 2. The van der Waals surface area contributed by atoms with Gasteiger partial charge < -0.3 is 19.9 Å². The Morgan fingerprint density at radius 2 is 1.93 bits per heavy atom. The summed E-state index contributed by atoms with van der Waals surface area (Å²) in [5.74, 6) is -2.35. The van der Waals surface area contributed by atoms with Crippen LogP contribution in [0.15, 0.2) is 36.4 Å². The fourth-order valence-corrected chi connectivity index (χ4v) is 6.77. The first-order valence-electron chi connectivity index (χ1n) is 12.2. The number of halogens is 4. The lowest BCUT2D eigenvalue weighted by atomic mass is 9.76. The second kappa shape index (κ2) is 10.5. The van der Waals surface area contributed by atoms with Gasteiger partial charge in [0.1, 0.15) is 5.54 Å². The van der Waals surface area contributed by atoms with Crippen molar-refractivity contribution in [3.63, 3.8) is 0 Å². The Bertz CT molecular complexity index is 1480. The van der Waals surface area contributed by atoms with Gasteiger partial charge >= 0.3 is 12.1 Å². The number of methoxy groups -OCH3 is 2. The van der Waals surface area contributed by atoms with Gasteiger partial charge in [-0.05, 0) is 49.1 Å². The lowest BCUT2D eigenvalue weighted by Gasteiger charge is -2.38. The van der Waals surface area contributed by atoms with Crippen LogP contribution in [-0.2, 0) is 15.8 Å². The smallest absolute Gasteiger partial charge is 0.452 e. The number of amides is 1. The second-order valence-electron chi connectivity index (χ2n) is 9.50. The van der Waals surface area contributed by atoms with E-state index in [-0.39, 0.29) is 30.8 Å². The summed E-state index contributed by atoms with van der Waals surface area (Å²) >= 11 is 7.51. The third-order valence-corrected chi connectivity index (χ3v) is 8.85. The molecular weight excluding hydrogens is 573 g/mol. The summed E-state index contributed by atoms with van der Waals surface area (Å²) in [5, 5.41) is 18.3. The second-order valence-corrected chi connectivity index (χ2v) is 11.2. The molecule has 0 spiro atoms. The minimum Gasteiger partial charge on any atom is -0.493 e. The number of benzene rings is 2. The molecule has 212 valence electrons. The number of hydrogen-bond donors (Lipinski definition) is 2. The highest BCUT2D eigenvalue weighted by Gasteiger charge is 2.47. The summed E-state index contributed by atoms with van der Waals surface area (Å²) in [6, 6.07) is 9.65. The van der Waals surface area contributed by atoms with Crippen LogP contribution in [0, 0.1) is 0 Å². The third-order valence-electron chi connectivity index (χ3n) is 7.12. The molecular formula is C26H24ClF3N4O5S. The highest BCUT2D eigenvalue weighted by Crippen LogP contribution is 2.54. The van der Waals surface area contributed by atoms with Crippen LogP contribution in [-0.4, -0.2) is 51.5 Å². The minimum absolute atomic E-state index is 0.0987. The van der Waals surface area contributed by atoms with E-state index in [0.717, 1.165) is 4.57 Å². The number of carbonyl (C=O) groups is 2. The molecule has 0 unspecified atom stereocenters. The summed E-state index contributed by atoms with van der Waals surface area (Å²) in [4.78, 5) is 25.0. The Morgan fingerprint density at radius 1 is 1.18 bits per heavy atom. The minimum atomic E-state index is -4.85. The highest BCUT2D eigenvalue weighted by atomic mass is 35.5. The molecule has 1 fully saturated rings. The molecule has 2 aliphatic rings. The summed E-state index contributed by atoms with van der Waals surface area (Å²) in [7, 11) is 2.92. The average molecular weight is 597 g/mol. The van der Waals surface area contributed by atoms with E-state index < -0.39 is 39.9 Å². The zero-order valence-corrected chi connectivity index (χ0v) is 22.9. The van der Waals surface area contributed by atoms with Crippen LogP contribution in [0.2, 0.25) is 5.02 Å². The standard InChI is InChI=1S/C26H24ClF3N4O5S/c1-38-17-6-3-5-14(20(17)39-2)21-15-11-13(27)7-8-16(15)34-22(32-33-23(34)26(28,29)30)18(40-21)12-19(35)31-25(24(36)37)9-4-10-25/h3,5-8,11,18,21H,4,9-10,12H2,1-2H3,(H,31,35)(H,36,37)/t18-,21-/m1/s1. The Hall–Kier alpha value is -3.45. The number of carboxylic acid groups (broad SMARTS) is 1. The van der Waals surface area contributed by atoms with Crippen molar-refractivity contribution in [1.82, 2.24) is 20.1 Å². The molecule has 1 saturated carbocycles. The van der Waals surface area contributed by atoms with Crippen LogP contribution in [0.25, 0.3) is 5.69 Å². The first-order chi connectivity index (χ1) is 19.0. The maximum Gasteiger partial charge on any atom is 0.452 e. The molecule has 3 aromatic rings. The average Bonchev–Trinajstić information content (AvgIpc) is 3.29. The van der Waals surface area contributed by atoms with Crippen LogP contribution in [0.4, 0.5) is 13.2 Å². The molecule has 9 nitrogen and oxygen atoms in total. The van der Waals surface area contributed by atoms with Crippen molar-refractivity contribution >= 4 is 35.2 Å². The zero-order chi connectivity index (χ0) is 28.8. The Labute approximate surface area is 236 Å². The number of rotatable bonds is 7. The number of alkyl halides is 3. The van der Waals surface area contributed by atoms with Crippen LogP contribution in [0.3, 0.4) is 0 Å². The van der Waals surface area contributed by atoms with Gasteiger partial charge in [0.15, 0.2) is 17.3 Å². The van der Waals surface area contributed by atoms with E-state index in [0.29, 0.717) is 34.1 Å². The molecule has 2 N–H and O–H groups in total. The van der Waals surface area contributed by atoms with Gasteiger partial charge in [0.25, 0.3) is 0 Å².